The number of primary amides is 1. The zero-order valence-corrected chi connectivity index (χ0v) is 12.5. The maximum absolute atomic E-state index is 12.1. The van der Waals surface area contributed by atoms with Gasteiger partial charge in [0.2, 0.25) is 5.91 Å². The molecule has 1 saturated heterocycles. The van der Waals surface area contributed by atoms with Gasteiger partial charge in [-0.3, -0.25) is 9.59 Å². The molecule has 0 aromatic carbocycles. The van der Waals surface area contributed by atoms with Crippen molar-refractivity contribution in [3.8, 4) is 0 Å². The first-order valence-corrected chi connectivity index (χ1v) is 7.57. The van der Waals surface area contributed by atoms with Crippen molar-refractivity contribution >= 4 is 34.7 Å². The van der Waals surface area contributed by atoms with E-state index in [9.17, 15) is 24.6 Å². The number of thiophene rings is 1. The second kappa shape index (κ2) is 4.92. The largest absolute Gasteiger partial charge is 0.477 e. The Bertz CT molecular complexity index is 721. The van der Waals surface area contributed by atoms with Gasteiger partial charge in [-0.1, -0.05) is 0 Å². The predicted octanol–water partition coefficient (Wildman–Crippen LogP) is 0.254. The fraction of sp³-hybridized carbons (Fsp3) is 0.357. The fourth-order valence-corrected chi connectivity index (χ4v) is 3.93. The van der Waals surface area contributed by atoms with Gasteiger partial charge in [0, 0.05) is 0 Å². The third-order valence-corrected chi connectivity index (χ3v) is 5.07. The molecule has 0 spiro atoms. The number of carboxylic acid groups (broad SMARTS) is 1. The van der Waals surface area contributed by atoms with Crippen LogP contribution < -0.4 is 5.73 Å². The second-order valence-corrected chi connectivity index (χ2v) is 6.35. The van der Waals surface area contributed by atoms with Crippen molar-refractivity contribution < 1.29 is 24.6 Å². The van der Waals surface area contributed by atoms with Gasteiger partial charge < -0.3 is 20.8 Å². The van der Waals surface area contributed by atoms with Gasteiger partial charge in [0.15, 0.2) is 0 Å². The summed E-state index contributed by atoms with van der Waals surface area (Å²) in [5.41, 5.74) is 6.23. The lowest BCUT2D eigenvalue weighted by Gasteiger charge is -2.44. The van der Waals surface area contributed by atoms with E-state index in [-0.39, 0.29) is 17.6 Å². The number of nitrogens with two attached hydrogens (primary N) is 1. The molecule has 0 saturated carbocycles. The second-order valence-electron chi connectivity index (χ2n) is 5.44. The van der Waals surface area contributed by atoms with Gasteiger partial charge in [-0.2, -0.15) is 0 Å². The summed E-state index contributed by atoms with van der Waals surface area (Å²) in [5, 5.41) is 20.8. The number of carbonyl (C=O) groups excluding carboxylic acids is 2. The molecule has 2 aliphatic heterocycles. The summed E-state index contributed by atoms with van der Waals surface area (Å²) in [7, 11) is 0. The minimum Gasteiger partial charge on any atom is -0.477 e. The average Bonchev–Trinajstić information content (AvgIpc) is 2.99. The molecule has 1 aromatic heterocycles. The summed E-state index contributed by atoms with van der Waals surface area (Å²) < 4.78 is 0. The maximum atomic E-state index is 12.1. The van der Waals surface area contributed by atoms with Crippen molar-refractivity contribution in [3.63, 3.8) is 0 Å². The number of carbonyl (C=O) groups is 3. The Kier molecular flexibility index (Phi) is 3.30. The van der Waals surface area contributed by atoms with Gasteiger partial charge in [-0.05, 0) is 35.9 Å². The number of hydrogen-bond acceptors (Lipinski definition) is 5. The van der Waals surface area contributed by atoms with E-state index in [1.165, 1.54) is 11.8 Å². The van der Waals surface area contributed by atoms with Gasteiger partial charge in [-0.15, -0.1) is 11.3 Å². The van der Waals surface area contributed by atoms with Crippen LogP contribution in [-0.4, -0.2) is 45.0 Å². The molecular weight excluding hydrogens is 308 g/mol. The van der Waals surface area contributed by atoms with Crippen LogP contribution in [0.25, 0.3) is 5.57 Å². The molecule has 3 unspecified atom stereocenters. The topological polar surface area (TPSA) is 121 Å². The van der Waals surface area contributed by atoms with Crippen LogP contribution in [0.4, 0.5) is 0 Å². The summed E-state index contributed by atoms with van der Waals surface area (Å²) in [6.45, 7) is 1.52. The summed E-state index contributed by atoms with van der Waals surface area (Å²) >= 11 is 1.13. The SMILES string of the molecule is CC(O)C1C(=O)N2C(C(=O)O)=C(c3csc(C(N)=O)c3)CC12. The Morgan fingerprint density at radius 2 is 2.18 bits per heavy atom. The van der Waals surface area contributed by atoms with Crippen LogP contribution in [0.1, 0.15) is 28.6 Å². The molecule has 8 heteroatoms. The molecule has 0 aliphatic carbocycles. The number of β-lactam (4-membered cyclic amide) rings is 1. The van der Waals surface area contributed by atoms with Crippen molar-refractivity contribution in [2.75, 3.05) is 0 Å². The molecule has 0 radical (unpaired) electrons. The Morgan fingerprint density at radius 1 is 1.50 bits per heavy atom. The first kappa shape index (κ1) is 14.7. The van der Waals surface area contributed by atoms with E-state index < -0.39 is 23.9 Å². The van der Waals surface area contributed by atoms with E-state index in [4.69, 9.17) is 5.73 Å². The third-order valence-electron chi connectivity index (χ3n) is 4.12. The van der Waals surface area contributed by atoms with E-state index in [1.54, 1.807) is 11.4 Å². The average molecular weight is 322 g/mol. The summed E-state index contributed by atoms with van der Waals surface area (Å²) in [4.78, 5) is 36.4. The molecule has 1 fully saturated rings. The van der Waals surface area contributed by atoms with Gasteiger partial charge in [0.05, 0.1) is 22.9 Å². The molecule has 7 nitrogen and oxygen atoms in total. The molecule has 4 N–H and O–H groups in total. The lowest BCUT2D eigenvalue weighted by molar-refractivity contribution is -0.161. The number of hydrogen-bond donors (Lipinski definition) is 3. The van der Waals surface area contributed by atoms with Crippen LogP contribution in [0.2, 0.25) is 0 Å². The zero-order chi connectivity index (χ0) is 16.2. The number of rotatable bonds is 4. The molecule has 2 aliphatic rings. The van der Waals surface area contributed by atoms with Crippen molar-refractivity contribution in [1.29, 1.82) is 0 Å². The van der Waals surface area contributed by atoms with Crippen molar-refractivity contribution in [2.45, 2.75) is 25.5 Å². The van der Waals surface area contributed by atoms with Gasteiger partial charge >= 0.3 is 5.97 Å². The molecule has 1 aromatic rings. The number of aliphatic hydroxyl groups excluding tert-OH is 1. The third kappa shape index (κ3) is 1.95. The van der Waals surface area contributed by atoms with Crippen molar-refractivity contribution in [1.82, 2.24) is 4.90 Å². The van der Waals surface area contributed by atoms with E-state index >= 15 is 0 Å². The molecule has 3 atom stereocenters. The highest BCUT2D eigenvalue weighted by molar-refractivity contribution is 7.12. The number of fused-ring (bicyclic) bond motifs is 1. The Morgan fingerprint density at radius 3 is 2.68 bits per heavy atom. The van der Waals surface area contributed by atoms with E-state index in [1.807, 2.05) is 0 Å². The number of nitrogens with zero attached hydrogens (tertiary/aromatic N) is 1. The van der Waals surface area contributed by atoms with Crippen molar-refractivity contribution in [2.24, 2.45) is 11.7 Å². The smallest absolute Gasteiger partial charge is 0.352 e. The van der Waals surface area contributed by atoms with Crippen LogP contribution in [-0.2, 0) is 9.59 Å². The minimum atomic E-state index is -1.19. The number of aliphatic carboxylic acids is 1. The van der Waals surface area contributed by atoms with Gasteiger partial charge in [0.25, 0.3) is 5.91 Å². The lowest BCUT2D eigenvalue weighted by Crippen LogP contribution is -2.61. The molecule has 0 bridgehead atoms. The predicted molar refractivity (Wildman–Crippen MR) is 77.8 cm³/mol. The molecule has 3 heterocycles. The van der Waals surface area contributed by atoms with Crippen LogP contribution in [0.5, 0.6) is 0 Å². The van der Waals surface area contributed by atoms with Crippen LogP contribution in [0.15, 0.2) is 17.1 Å². The fourth-order valence-electron chi connectivity index (χ4n) is 3.15. The monoisotopic (exact) mass is 322 g/mol. The van der Waals surface area contributed by atoms with E-state index in [0.717, 1.165) is 11.3 Å². The maximum Gasteiger partial charge on any atom is 0.352 e. The van der Waals surface area contributed by atoms with Crippen LogP contribution >= 0.6 is 11.3 Å². The normalized spacial score (nSPS) is 25.0. The minimum absolute atomic E-state index is 0.0688. The standard InChI is InChI=1S/C14H14N2O5S/c1-5(17)10-8-3-7(6-2-9(12(15)18)22-4-6)11(14(20)21)16(8)13(10)19/h2,4-5,8,10,17H,3H2,1H3,(H2,15,18)(H,20,21). The first-order valence-electron chi connectivity index (χ1n) is 6.69. The highest BCUT2D eigenvalue weighted by Crippen LogP contribution is 2.47. The molecular formula is C14H14N2O5S. The summed E-state index contributed by atoms with van der Waals surface area (Å²) in [5.74, 6) is -2.73. The van der Waals surface area contributed by atoms with Gasteiger partial charge in [0.1, 0.15) is 5.70 Å². The molecule has 116 valence electrons. The van der Waals surface area contributed by atoms with Gasteiger partial charge in [-0.25, -0.2) is 4.79 Å². The summed E-state index contributed by atoms with van der Waals surface area (Å²) in [6.07, 6.45) is -0.482. The molecule has 22 heavy (non-hydrogen) atoms. The Labute approximate surface area is 129 Å². The number of carboxylic acids is 1. The van der Waals surface area contributed by atoms with Crippen LogP contribution in [0, 0.1) is 5.92 Å². The molecule has 2 amide bonds. The van der Waals surface area contributed by atoms with E-state index in [2.05, 4.69) is 0 Å². The number of amides is 2. The highest BCUT2D eigenvalue weighted by atomic mass is 32.1. The van der Waals surface area contributed by atoms with E-state index in [0.29, 0.717) is 22.4 Å². The number of aliphatic hydroxyl groups is 1. The summed E-state index contributed by atoms with van der Waals surface area (Å²) in [6, 6.07) is 1.20. The lowest BCUT2D eigenvalue weighted by atomic mass is 9.82. The molecule has 3 rings (SSSR count). The highest BCUT2D eigenvalue weighted by Gasteiger charge is 2.56. The Hall–Kier alpha value is -2.19. The zero-order valence-electron chi connectivity index (χ0n) is 11.6. The Balaban J connectivity index is 2.01. The quantitative estimate of drug-likeness (QED) is 0.686. The van der Waals surface area contributed by atoms with Crippen LogP contribution in [0.3, 0.4) is 0 Å². The first-order chi connectivity index (χ1) is 10.3. The van der Waals surface area contributed by atoms with Crippen molar-refractivity contribution in [3.05, 3.63) is 27.6 Å².